The van der Waals surface area contributed by atoms with Gasteiger partial charge in [-0.3, -0.25) is 4.79 Å². The SMILES string of the molecule is COCCCCC(NC(=O)Nc1cn(C)c(=O)cc1C)c1ccccc1. The Labute approximate surface area is 154 Å². The predicted molar refractivity (Wildman–Crippen MR) is 103 cm³/mol. The minimum atomic E-state index is -0.285. The van der Waals surface area contributed by atoms with Gasteiger partial charge in [0.1, 0.15) is 0 Å². The lowest BCUT2D eigenvalue weighted by Gasteiger charge is -2.20. The molecule has 0 radical (unpaired) electrons. The maximum absolute atomic E-state index is 12.5. The Kier molecular flexibility index (Phi) is 7.41. The molecule has 2 aromatic rings. The molecule has 0 saturated carbocycles. The van der Waals surface area contributed by atoms with Gasteiger partial charge >= 0.3 is 6.03 Å². The predicted octanol–water partition coefficient (Wildman–Crippen LogP) is 3.37. The number of urea groups is 1. The molecule has 0 aliphatic rings. The van der Waals surface area contributed by atoms with Gasteiger partial charge in [0.2, 0.25) is 0 Å². The van der Waals surface area contributed by atoms with Crippen LogP contribution >= 0.6 is 0 Å². The van der Waals surface area contributed by atoms with E-state index < -0.39 is 0 Å². The number of benzene rings is 1. The highest BCUT2D eigenvalue weighted by molar-refractivity contribution is 5.90. The second kappa shape index (κ2) is 9.77. The Morgan fingerprint density at radius 1 is 1.23 bits per heavy atom. The Morgan fingerprint density at radius 3 is 2.65 bits per heavy atom. The first kappa shape index (κ1) is 19.7. The summed E-state index contributed by atoms with van der Waals surface area (Å²) in [5.74, 6) is 0. The van der Waals surface area contributed by atoms with E-state index in [-0.39, 0.29) is 17.6 Å². The zero-order valence-electron chi connectivity index (χ0n) is 15.6. The van der Waals surface area contributed by atoms with E-state index in [1.165, 1.54) is 10.6 Å². The third-order valence-electron chi connectivity index (χ3n) is 4.28. The van der Waals surface area contributed by atoms with Gasteiger partial charge in [-0.05, 0) is 37.3 Å². The van der Waals surface area contributed by atoms with Gasteiger partial charge in [0.15, 0.2) is 0 Å². The molecule has 0 aliphatic heterocycles. The first-order chi connectivity index (χ1) is 12.5. The van der Waals surface area contributed by atoms with E-state index in [0.717, 1.165) is 30.4 Å². The summed E-state index contributed by atoms with van der Waals surface area (Å²) in [7, 11) is 3.35. The Balaban J connectivity index is 2.05. The summed E-state index contributed by atoms with van der Waals surface area (Å²) in [4.78, 5) is 24.1. The summed E-state index contributed by atoms with van der Waals surface area (Å²) in [6.07, 6.45) is 4.36. The number of anilines is 1. The fraction of sp³-hybridized carbons (Fsp3) is 0.400. The van der Waals surface area contributed by atoms with Crippen LogP contribution in [0, 0.1) is 6.92 Å². The normalized spacial score (nSPS) is 11.8. The van der Waals surface area contributed by atoms with Crippen molar-refractivity contribution in [2.45, 2.75) is 32.2 Å². The van der Waals surface area contributed by atoms with E-state index in [1.54, 1.807) is 27.3 Å². The first-order valence-electron chi connectivity index (χ1n) is 8.80. The zero-order chi connectivity index (χ0) is 18.9. The number of methoxy groups -OCH3 is 1. The van der Waals surface area contributed by atoms with Crippen LogP contribution in [-0.2, 0) is 11.8 Å². The van der Waals surface area contributed by atoms with Crippen LogP contribution in [0.1, 0.15) is 36.4 Å². The fourth-order valence-corrected chi connectivity index (χ4v) is 2.77. The Hall–Kier alpha value is -2.60. The number of hydrogen-bond acceptors (Lipinski definition) is 3. The largest absolute Gasteiger partial charge is 0.385 e. The number of carbonyl (C=O) groups is 1. The number of unbranched alkanes of at least 4 members (excludes halogenated alkanes) is 1. The van der Waals surface area contributed by atoms with Gasteiger partial charge < -0.3 is 19.9 Å². The van der Waals surface area contributed by atoms with Gasteiger partial charge in [0.25, 0.3) is 5.56 Å². The minimum absolute atomic E-state index is 0.0825. The quantitative estimate of drug-likeness (QED) is 0.712. The molecule has 0 bridgehead atoms. The van der Waals surface area contributed by atoms with Crippen molar-refractivity contribution in [3.63, 3.8) is 0 Å². The molecule has 6 nitrogen and oxygen atoms in total. The van der Waals surface area contributed by atoms with Gasteiger partial charge in [0, 0.05) is 33.0 Å². The third-order valence-corrected chi connectivity index (χ3v) is 4.28. The zero-order valence-corrected chi connectivity index (χ0v) is 15.6. The second-order valence-corrected chi connectivity index (χ2v) is 6.37. The monoisotopic (exact) mass is 357 g/mol. The molecule has 1 heterocycles. The number of carbonyl (C=O) groups excluding carboxylic acids is 1. The molecule has 1 atom stereocenters. The van der Waals surface area contributed by atoms with Gasteiger partial charge in [-0.1, -0.05) is 30.3 Å². The lowest BCUT2D eigenvalue weighted by Crippen LogP contribution is -2.33. The molecule has 2 amide bonds. The van der Waals surface area contributed by atoms with E-state index in [4.69, 9.17) is 4.74 Å². The lowest BCUT2D eigenvalue weighted by molar-refractivity contribution is 0.191. The third kappa shape index (κ3) is 5.74. The van der Waals surface area contributed by atoms with Crippen LogP contribution in [0.2, 0.25) is 0 Å². The summed E-state index contributed by atoms with van der Waals surface area (Å²) in [6, 6.07) is 11.1. The summed E-state index contributed by atoms with van der Waals surface area (Å²) in [6.45, 7) is 2.52. The summed E-state index contributed by atoms with van der Waals surface area (Å²) in [5.41, 5.74) is 2.32. The van der Waals surface area contributed by atoms with Crippen molar-refractivity contribution in [1.82, 2.24) is 9.88 Å². The standard InChI is InChI=1S/C20H27N3O3/c1-15-13-19(24)23(2)14-18(15)22-20(25)21-17(11-7-8-12-26-3)16-9-5-4-6-10-16/h4-6,9-10,13-14,17H,7-8,11-12H2,1-3H3,(H2,21,22,25). The number of amides is 2. The van der Waals surface area contributed by atoms with Crippen molar-refractivity contribution in [2.75, 3.05) is 19.0 Å². The van der Waals surface area contributed by atoms with Crippen LogP contribution in [0.4, 0.5) is 10.5 Å². The maximum atomic E-state index is 12.5. The highest BCUT2D eigenvalue weighted by Crippen LogP contribution is 2.20. The van der Waals surface area contributed by atoms with Crippen LogP contribution in [0.3, 0.4) is 0 Å². The number of hydrogen-bond donors (Lipinski definition) is 2. The van der Waals surface area contributed by atoms with Gasteiger partial charge in [0.05, 0.1) is 11.7 Å². The Bertz CT molecular complexity index is 772. The number of nitrogens with zero attached hydrogens (tertiary/aromatic N) is 1. The van der Waals surface area contributed by atoms with Gasteiger partial charge in [-0.25, -0.2) is 4.79 Å². The molecule has 1 aromatic carbocycles. The topological polar surface area (TPSA) is 72.4 Å². The van der Waals surface area contributed by atoms with Crippen LogP contribution in [-0.4, -0.2) is 24.3 Å². The average Bonchev–Trinajstić information content (AvgIpc) is 2.63. The molecule has 2 N–H and O–H groups in total. The highest BCUT2D eigenvalue weighted by Gasteiger charge is 2.15. The summed E-state index contributed by atoms with van der Waals surface area (Å²) >= 11 is 0. The highest BCUT2D eigenvalue weighted by atomic mass is 16.5. The van der Waals surface area contributed by atoms with Gasteiger partial charge in [-0.2, -0.15) is 0 Å². The lowest BCUT2D eigenvalue weighted by atomic mass is 10.0. The molecule has 0 saturated heterocycles. The molecular formula is C20H27N3O3. The minimum Gasteiger partial charge on any atom is -0.385 e. The fourth-order valence-electron chi connectivity index (χ4n) is 2.77. The molecule has 26 heavy (non-hydrogen) atoms. The number of ether oxygens (including phenoxy) is 1. The number of nitrogens with one attached hydrogen (secondary N) is 2. The van der Waals surface area contributed by atoms with Crippen LogP contribution in [0.15, 0.2) is 47.4 Å². The number of rotatable bonds is 8. The Morgan fingerprint density at radius 2 is 1.96 bits per heavy atom. The van der Waals surface area contributed by atoms with Crippen LogP contribution in [0.25, 0.3) is 0 Å². The first-order valence-corrected chi connectivity index (χ1v) is 8.80. The van der Waals surface area contributed by atoms with E-state index in [2.05, 4.69) is 10.6 Å². The van der Waals surface area contributed by atoms with E-state index in [9.17, 15) is 9.59 Å². The van der Waals surface area contributed by atoms with Crippen molar-refractivity contribution in [3.8, 4) is 0 Å². The van der Waals surface area contributed by atoms with Crippen LogP contribution in [0.5, 0.6) is 0 Å². The summed E-state index contributed by atoms with van der Waals surface area (Å²) in [5, 5.41) is 5.89. The van der Waals surface area contributed by atoms with Crippen molar-refractivity contribution >= 4 is 11.7 Å². The maximum Gasteiger partial charge on any atom is 0.319 e. The molecule has 0 spiro atoms. The van der Waals surface area contributed by atoms with Crippen molar-refractivity contribution in [1.29, 1.82) is 0 Å². The smallest absolute Gasteiger partial charge is 0.319 e. The van der Waals surface area contributed by atoms with E-state index >= 15 is 0 Å². The molecule has 1 aromatic heterocycles. The molecular weight excluding hydrogens is 330 g/mol. The van der Waals surface area contributed by atoms with Crippen molar-refractivity contribution in [2.24, 2.45) is 7.05 Å². The number of pyridine rings is 1. The van der Waals surface area contributed by atoms with Crippen molar-refractivity contribution in [3.05, 3.63) is 64.1 Å². The number of aryl methyl sites for hydroxylation is 2. The molecule has 0 fully saturated rings. The average molecular weight is 357 g/mol. The van der Waals surface area contributed by atoms with Gasteiger partial charge in [-0.15, -0.1) is 0 Å². The van der Waals surface area contributed by atoms with E-state index in [1.807, 2.05) is 30.3 Å². The van der Waals surface area contributed by atoms with E-state index in [0.29, 0.717) is 12.3 Å². The molecule has 1 unspecified atom stereocenters. The number of aromatic nitrogens is 1. The molecule has 2 rings (SSSR count). The summed E-state index contributed by atoms with van der Waals surface area (Å²) < 4.78 is 6.54. The second-order valence-electron chi connectivity index (χ2n) is 6.37. The van der Waals surface area contributed by atoms with Crippen molar-refractivity contribution < 1.29 is 9.53 Å². The molecule has 140 valence electrons. The molecule has 0 aliphatic carbocycles. The molecule has 6 heteroatoms. The van der Waals surface area contributed by atoms with Crippen LogP contribution < -0.4 is 16.2 Å².